The first-order valence-corrected chi connectivity index (χ1v) is 6.94. The number of pyridine rings is 1. The highest BCUT2D eigenvalue weighted by Crippen LogP contribution is 2.17. The van der Waals surface area contributed by atoms with E-state index in [1.165, 1.54) is 10.6 Å². The second-order valence-electron chi connectivity index (χ2n) is 4.98. The fraction of sp³-hybridized carbons (Fsp3) is 0.0667. The first-order valence-electron chi connectivity index (χ1n) is 6.94. The van der Waals surface area contributed by atoms with Crippen LogP contribution in [0.25, 0.3) is 22.9 Å². The molecule has 3 rings (SSSR count). The van der Waals surface area contributed by atoms with Crippen LogP contribution >= 0.6 is 0 Å². The van der Waals surface area contributed by atoms with E-state index in [1.807, 2.05) is 11.5 Å². The van der Waals surface area contributed by atoms with Crippen molar-refractivity contribution in [3.05, 3.63) is 51.0 Å². The Bertz CT molecular complexity index is 1110. The van der Waals surface area contributed by atoms with Crippen molar-refractivity contribution in [1.29, 1.82) is 5.26 Å². The number of nitrogens with zero attached hydrogens (tertiary/aromatic N) is 3. The fourth-order valence-electron chi connectivity index (χ4n) is 2.50. The van der Waals surface area contributed by atoms with Gasteiger partial charge in [0.15, 0.2) is 5.65 Å². The average molecular weight is 323 g/mol. The molecule has 5 N–H and O–H groups in total. The number of amides is 2. The van der Waals surface area contributed by atoms with Gasteiger partial charge in [0.1, 0.15) is 6.07 Å². The summed E-state index contributed by atoms with van der Waals surface area (Å²) in [6, 6.07) is 8.53. The van der Waals surface area contributed by atoms with Gasteiger partial charge in [-0.15, -0.1) is 0 Å². The van der Waals surface area contributed by atoms with Crippen LogP contribution in [0.1, 0.15) is 11.1 Å². The van der Waals surface area contributed by atoms with E-state index in [0.717, 1.165) is 0 Å². The number of urea groups is 1. The number of hydrogen-bond donors (Lipinski definition) is 4. The van der Waals surface area contributed by atoms with E-state index < -0.39 is 6.03 Å². The topological polar surface area (TPSA) is 137 Å². The minimum absolute atomic E-state index is 0.236. The van der Waals surface area contributed by atoms with Gasteiger partial charge in [0.25, 0.3) is 5.56 Å². The predicted octanol–water partition coefficient (Wildman–Crippen LogP) is -0.838. The molecular weight excluding hydrogens is 310 g/mol. The Balaban J connectivity index is 2.33. The molecule has 0 atom stereocenters. The normalized spacial score (nSPS) is 11.5. The minimum Gasteiger partial charge on any atom is -0.304 e. The van der Waals surface area contributed by atoms with Gasteiger partial charge in [0, 0.05) is 6.20 Å². The quantitative estimate of drug-likeness (QED) is 0.276. The van der Waals surface area contributed by atoms with E-state index >= 15 is 0 Å². The van der Waals surface area contributed by atoms with Gasteiger partial charge in [-0.25, -0.2) is 15.6 Å². The highest BCUT2D eigenvalue weighted by atomic mass is 16.2. The SMILES string of the molecule is Cc1c(C#N)c2nc3ccccc3n2c(=O)c1=CNNC(=O)NN. The number of fused-ring (bicyclic) bond motifs is 3. The van der Waals surface area contributed by atoms with Gasteiger partial charge in [-0.1, -0.05) is 12.1 Å². The van der Waals surface area contributed by atoms with Crippen molar-refractivity contribution in [2.24, 2.45) is 5.84 Å². The van der Waals surface area contributed by atoms with Crippen LogP contribution in [0.2, 0.25) is 0 Å². The summed E-state index contributed by atoms with van der Waals surface area (Å²) in [5.74, 6) is 4.95. The van der Waals surface area contributed by atoms with Crippen molar-refractivity contribution in [1.82, 2.24) is 25.7 Å². The Morgan fingerprint density at radius 2 is 2.17 bits per heavy atom. The van der Waals surface area contributed by atoms with Crippen LogP contribution in [-0.4, -0.2) is 15.4 Å². The first-order chi connectivity index (χ1) is 11.6. The Morgan fingerprint density at radius 1 is 1.42 bits per heavy atom. The molecule has 0 unspecified atom stereocenters. The second kappa shape index (κ2) is 5.86. The monoisotopic (exact) mass is 323 g/mol. The molecule has 1 aromatic carbocycles. The molecule has 0 aliphatic heterocycles. The van der Waals surface area contributed by atoms with Gasteiger partial charge in [-0.3, -0.25) is 20.0 Å². The third-order valence-corrected chi connectivity index (χ3v) is 3.64. The number of benzene rings is 1. The number of carbonyl (C=O) groups excluding carboxylic acids is 1. The number of aromatic nitrogens is 2. The lowest BCUT2D eigenvalue weighted by molar-refractivity contribution is 0.239. The Labute approximate surface area is 135 Å². The summed E-state index contributed by atoms with van der Waals surface area (Å²) in [5, 5.41) is 9.71. The van der Waals surface area contributed by atoms with Gasteiger partial charge in [-0.2, -0.15) is 5.26 Å². The molecule has 0 bridgehead atoms. The maximum atomic E-state index is 12.8. The highest BCUT2D eigenvalue weighted by molar-refractivity contribution is 5.82. The molecule has 2 amide bonds. The van der Waals surface area contributed by atoms with E-state index in [0.29, 0.717) is 27.8 Å². The molecule has 9 nitrogen and oxygen atoms in total. The molecule has 0 saturated carbocycles. The molecule has 24 heavy (non-hydrogen) atoms. The van der Waals surface area contributed by atoms with E-state index in [2.05, 4.69) is 21.9 Å². The van der Waals surface area contributed by atoms with Crippen molar-refractivity contribution < 1.29 is 4.79 Å². The van der Waals surface area contributed by atoms with Crippen molar-refractivity contribution in [3.63, 3.8) is 0 Å². The molecule has 0 spiro atoms. The Morgan fingerprint density at radius 3 is 2.88 bits per heavy atom. The third-order valence-electron chi connectivity index (χ3n) is 3.64. The number of rotatable bonds is 2. The number of para-hydroxylation sites is 2. The van der Waals surface area contributed by atoms with E-state index in [4.69, 9.17) is 5.84 Å². The largest absolute Gasteiger partial charge is 0.347 e. The molecule has 0 saturated heterocycles. The summed E-state index contributed by atoms with van der Waals surface area (Å²) < 4.78 is 1.39. The molecule has 9 heteroatoms. The molecule has 0 fully saturated rings. The summed E-state index contributed by atoms with van der Waals surface area (Å²) in [6.45, 7) is 1.65. The predicted molar refractivity (Wildman–Crippen MR) is 87.1 cm³/mol. The Hall–Kier alpha value is -3.64. The van der Waals surface area contributed by atoms with E-state index in [-0.39, 0.29) is 10.8 Å². The van der Waals surface area contributed by atoms with Crippen molar-refractivity contribution in [3.8, 4) is 6.07 Å². The maximum Gasteiger partial charge on any atom is 0.347 e. The number of hydrogen-bond acceptors (Lipinski definition) is 6. The van der Waals surface area contributed by atoms with Crippen molar-refractivity contribution >= 4 is 28.9 Å². The van der Waals surface area contributed by atoms with Crippen molar-refractivity contribution in [2.75, 3.05) is 0 Å². The molecular formula is C15H13N7O2. The maximum absolute atomic E-state index is 12.8. The van der Waals surface area contributed by atoms with Gasteiger partial charge in [-0.05, 0) is 24.6 Å². The van der Waals surface area contributed by atoms with Crippen LogP contribution in [0.15, 0.2) is 29.1 Å². The molecule has 0 radical (unpaired) electrons. The molecule has 120 valence electrons. The standard InChI is InChI=1S/C15H13N7O2/c1-8-9(6-16)13-19-11-4-2-3-5-12(11)22(13)14(23)10(8)7-18-21-15(24)20-17/h2-5,7,18H,17H2,1H3,(H2,20,21,24). The van der Waals surface area contributed by atoms with E-state index in [9.17, 15) is 14.9 Å². The highest BCUT2D eigenvalue weighted by Gasteiger charge is 2.15. The number of nitrogens with two attached hydrogens (primary N) is 1. The molecule has 2 heterocycles. The molecule has 3 aromatic rings. The molecule has 0 aliphatic carbocycles. The van der Waals surface area contributed by atoms with Gasteiger partial charge < -0.3 is 5.43 Å². The third kappa shape index (κ3) is 2.27. The van der Waals surface area contributed by atoms with Gasteiger partial charge in [0.2, 0.25) is 0 Å². The summed E-state index contributed by atoms with van der Waals surface area (Å²) in [4.78, 5) is 28.3. The van der Waals surface area contributed by atoms with Crippen molar-refractivity contribution in [2.45, 2.75) is 6.92 Å². The van der Waals surface area contributed by atoms with Crippen LogP contribution in [0.3, 0.4) is 0 Å². The number of imidazole rings is 1. The number of nitriles is 1. The van der Waals surface area contributed by atoms with Crippen LogP contribution in [0.4, 0.5) is 4.79 Å². The summed E-state index contributed by atoms with van der Waals surface area (Å²) >= 11 is 0. The fourth-order valence-corrected chi connectivity index (χ4v) is 2.50. The lowest BCUT2D eigenvalue weighted by Gasteiger charge is -2.05. The van der Waals surface area contributed by atoms with Gasteiger partial charge in [0.05, 0.1) is 21.8 Å². The second-order valence-corrected chi connectivity index (χ2v) is 4.98. The Kier molecular flexibility index (Phi) is 3.73. The smallest absolute Gasteiger partial charge is 0.304 e. The average Bonchev–Trinajstić information content (AvgIpc) is 2.97. The lowest BCUT2D eigenvalue weighted by atomic mass is 10.1. The van der Waals surface area contributed by atoms with Crippen LogP contribution < -0.4 is 32.9 Å². The molecule has 0 aliphatic rings. The summed E-state index contributed by atoms with van der Waals surface area (Å²) in [6.07, 6.45) is 1.31. The summed E-state index contributed by atoms with van der Waals surface area (Å²) in [5.41, 5.74) is 8.53. The molecule has 2 aromatic heterocycles. The van der Waals surface area contributed by atoms with Gasteiger partial charge >= 0.3 is 6.03 Å². The van der Waals surface area contributed by atoms with Crippen LogP contribution in [0.5, 0.6) is 0 Å². The zero-order chi connectivity index (χ0) is 17.3. The number of nitrogens with one attached hydrogen (secondary N) is 3. The number of carbonyl (C=O) groups is 1. The van der Waals surface area contributed by atoms with Crippen LogP contribution in [-0.2, 0) is 0 Å². The summed E-state index contributed by atoms with van der Waals surface area (Å²) in [7, 11) is 0. The minimum atomic E-state index is -0.675. The number of hydrazine groups is 2. The van der Waals surface area contributed by atoms with Crippen LogP contribution in [0, 0.1) is 18.3 Å². The zero-order valence-electron chi connectivity index (χ0n) is 12.6. The lowest BCUT2D eigenvalue weighted by Crippen LogP contribution is -2.46. The zero-order valence-corrected chi connectivity index (χ0v) is 12.6. The first kappa shape index (κ1) is 15.3. The van der Waals surface area contributed by atoms with E-state index in [1.54, 1.807) is 25.1 Å².